The Balaban J connectivity index is 0.000000722. The number of fused-ring (bicyclic) bond motifs is 3. The predicted molar refractivity (Wildman–Crippen MR) is 76.2 cm³/mol. The number of halogens is 2. The third-order valence-electron chi connectivity index (χ3n) is 3.84. The van der Waals surface area contributed by atoms with Gasteiger partial charge in [-0.25, -0.2) is 0 Å². The molecule has 2 heterocycles. The lowest BCUT2D eigenvalue weighted by molar-refractivity contribution is 0.126. The Bertz CT molecular complexity index is 370. The second kappa shape index (κ2) is 6.05. The van der Waals surface area contributed by atoms with Gasteiger partial charge in [0, 0.05) is 25.2 Å². The fraction of sp³-hybridized carbons (Fsp3) is 0.538. The molecule has 17 heavy (non-hydrogen) atoms. The van der Waals surface area contributed by atoms with Crippen LogP contribution in [0.5, 0.6) is 0 Å². The summed E-state index contributed by atoms with van der Waals surface area (Å²) in [6, 6.07) is 9.85. The zero-order chi connectivity index (χ0) is 10.3. The zero-order valence-electron chi connectivity index (χ0n) is 9.84. The molecule has 0 saturated carbocycles. The molecule has 0 radical (unpaired) electrons. The highest BCUT2D eigenvalue weighted by Gasteiger charge is 2.31. The molecular weight excluding hydrogens is 255 g/mol. The molecule has 2 nitrogen and oxygen atoms in total. The topological polar surface area (TPSA) is 29.3 Å². The summed E-state index contributed by atoms with van der Waals surface area (Å²) in [4.78, 5) is 2.60. The number of nitrogens with two attached hydrogens (primary N) is 1. The molecule has 2 aliphatic heterocycles. The Kier molecular flexibility index (Phi) is 5.26. The second-order valence-electron chi connectivity index (χ2n) is 4.79. The number of hydrogen-bond donors (Lipinski definition) is 1. The van der Waals surface area contributed by atoms with Crippen molar-refractivity contribution in [3.8, 4) is 0 Å². The summed E-state index contributed by atoms with van der Waals surface area (Å²) in [6.45, 7) is 2.40. The molecule has 1 aromatic carbocycles. The molecule has 2 N–H and O–H groups in total. The molecule has 96 valence electrons. The van der Waals surface area contributed by atoms with Crippen LogP contribution in [0.15, 0.2) is 24.3 Å². The van der Waals surface area contributed by atoms with Crippen molar-refractivity contribution in [2.45, 2.75) is 31.3 Å². The summed E-state index contributed by atoms with van der Waals surface area (Å²) in [5, 5.41) is 0. The van der Waals surface area contributed by atoms with E-state index < -0.39 is 0 Å². The number of benzene rings is 1. The van der Waals surface area contributed by atoms with E-state index in [4.69, 9.17) is 5.73 Å². The third kappa shape index (κ3) is 2.76. The van der Waals surface area contributed by atoms with Gasteiger partial charge in [-0.05, 0) is 30.4 Å². The summed E-state index contributed by atoms with van der Waals surface area (Å²) >= 11 is 0. The number of hydrogen-bond acceptors (Lipinski definition) is 2. The van der Waals surface area contributed by atoms with Crippen molar-refractivity contribution >= 4 is 24.8 Å². The summed E-state index contributed by atoms with van der Waals surface area (Å²) in [6.07, 6.45) is 3.51. The molecule has 4 heteroatoms. The van der Waals surface area contributed by atoms with E-state index >= 15 is 0 Å². The Labute approximate surface area is 115 Å². The molecule has 0 amide bonds. The third-order valence-corrected chi connectivity index (χ3v) is 3.84. The van der Waals surface area contributed by atoms with E-state index in [0.717, 1.165) is 6.42 Å². The fourth-order valence-electron chi connectivity index (χ4n) is 2.98. The van der Waals surface area contributed by atoms with E-state index in [0.29, 0.717) is 12.1 Å². The first kappa shape index (κ1) is 14.8. The monoisotopic (exact) mass is 274 g/mol. The van der Waals surface area contributed by atoms with E-state index in [2.05, 4.69) is 29.2 Å². The van der Waals surface area contributed by atoms with Crippen LogP contribution < -0.4 is 5.73 Å². The van der Waals surface area contributed by atoms with E-state index in [1.807, 2.05) is 0 Å². The van der Waals surface area contributed by atoms with Gasteiger partial charge < -0.3 is 5.73 Å². The summed E-state index contributed by atoms with van der Waals surface area (Å²) < 4.78 is 0. The maximum atomic E-state index is 6.07. The standard InChI is InChI=1S/C13H18N2.2ClH/c14-11-6-8-15-7-5-10-3-1-2-4-12(10)13(15)9-11;;/h1-4,11,13H,5-9,14H2;2*1H. The normalized spacial score (nSPS) is 27.1. The highest BCUT2D eigenvalue weighted by molar-refractivity contribution is 5.85. The van der Waals surface area contributed by atoms with Gasteiger partial charge in [-0.3, -0.25) is 4.90 Å². The molecule has 2 aliphatic rings. The second-order valence-corrected chi connectivity index (χ2v) is 4.79. The van der Waals surface area contributed by atoms with E-state index in [1.54, 1.807) is 0 Å². The van der Waals surface area contributed by atoms with E-state index in [1.165, 1.54) is 37.1 Å². The molecule has 2 unspecified atom stereocenters. The molecule has 3 rings (SSSR count). The van der Waals surface area contributed by atoms with Gasteiger partial charge in [-0.1, -0.05) is 24.3 Å². The van der Waals surface area contributed by atoms with Crippen LogP contribution in [-0.4, -0.2) is 24.0 Å². The van der Waals surface area contributed by atoms with Gasteiger partial charge in [0.25, 0.3) is 0 Å². The highest BCUT2D eigenvalue weighted by atomic mass is 35.5. The molecule has 1 aromatic rings. The fourth-order valence-corrected chi connectivity index (χ4v) is 2.98. The van der Waals surface area contributed by atoms with Crippen LogP contribution in [0.2, 0.25) is 0 Å². The highest BCUT2D eigenvalue weighted by Crippen LogP contribution is 2.35. The van der Waals surface area contributed by atoms with Gasteiger partial charge in [0.2, 0.25) is 0 Å². The molecule has 1 saturated heterocycles. The van der Waals surface area contributed by atoms with Crippen LogP contribution in [0.1, 0.15) is 30.0 Å². The van der Waals surface area contributed by atoms with Gasteiger partial charge in [0.05, 0.1) is 0 Å². The molecule has 2 atom stereocenters. The van der Waals surface area contributed by atoms with Crippen LogP contribution in [-0.2, 0) is 6.42 Å². The molecule has 0 spiro atoms. The summed E-state index contributed by atoms with van der Waals surface area (Å²) in [7, 11) is 0. The molecule has 0 aliphatic carbocycles. The maximum Gasteiger partial charge on any atom is 0.0365 e. The van der Waals surface area contributed by atoms with Crippen molar-refractivity contribution in [1.82, 2.24) is 4.90 Å². The Morgan fingerprint density at radius 3 is 2.71 bits per heavy atom. The smallest absolute Gasteiger partial charge is 0.0365 e. The lowest BCUT2D eigenvalue weighted by atomic mass is 9.85. The number of piperidine rings is 1. The van der Waals surface area contributed by atoms with Crippen LogP contribution in [0.3, 0.4) is 0 Å². The molecule has 0 bridgehead atoms. The minimum Gasteiger partial charge on any atom is -0.328 e. The Morgan fingerprint density at radius 1 is 1.12 bits per heavy atom. The van der Waals surface area contributed by atoms with Gasteiger partial charge in [-0.2, -0.15) is 0 Å². The van der Waals surface area contributed by atoms with Crippen molar-refractivity contribution in [1.29, 1.82) is 0 Å². The summed E-state index contributed by atoms with van der Waals surface area (Å²) in [5.41, 5.74) is 9.13. The lowest BCUT2D eigenvalue weighted by Crippen LogP contribution is -2.45. The van der Waals surface area contributed by atoms with Crippen molar-refractivity contribution in [2.24, 2.45) is 5.73 Å². The maximum absolute atomic E-state index is 6.07. The SMILES string of the molecule is Cl.Cl.NC1CCN2CCc3ccccc3C2C1. The first-order chi connectivity index (χ1) is 7.34. The van der Waals surface area contributed by atoms with Gasteiger partial charge in [0.1, 0.15) is 0 Å². The average Bonchev–Trinajstić information content (AvgIpc) is 2.29. The Morgan fingerprint density at radius 2 is 1.88 bits per heavy atom. The van der Waals surface area contributed by atoms with Crippen molar-refractivity contribution < 1.29 is 0 Å². The number of nitrogens with zero attached hydrogens (tertiary/aromatic N) is 1. The first-order valence-electron chi connectivity index (χ1n) is 5.92. The van der Waals surface area contributed by atoms with Gasteiger partial charge >= 0.3 is 0 Å². The van der Waals surface area contributed by atoms with Crippen molar-refractivity contribution in [2.75, 3.05) is 13.1 Å². The minimum absolute atomic E-state index is 0. The van der Waals surface area contributed by atoms with Crippen LogP contribution in [0, 0.1) is 0 Å². The molecule has 0 aromatic heterocycles. The van der Waals surface area contributed by atoms with Crippen LogP contribution in [0.4, 0.5) is 0 Å². The lowest BCUT2D eigenvalue weighted by Gasteiger charge is -2.42. The van der Waals surface area contributed by atoms with Crippen LogP contribution >= 0.6 is 24.8 Å². The van der Waals surface area contributed by atoms with E-state index in [-0.39, 0.29) is 24.8 Å². The molecule has 1 fully saturated rings. The largest absolute Gasteiger partial charge is 0.328 e. The predicted octanol–water partition coefficient (Wildman–Crippen LogP) is 2.55. The average molecular weight is 275 g/mol. The van der Waals surface area contributed by atoms with E-state index in [9.17, 15) is 0 Å². The molecular formula is C13H20Cl2N2. The van der Waals surface area contributed by atoms with Crippen LogP contribution in [0.25, 0.3) is 0 Å². The zero-order valence-corrected chi connectivity index (χ0v) is 11.5. The van der Waals surface area contributed by atoms with Crippen molar-refractivity contribution in [3.05, 3.63) is 35.4 Å². The Hall–Kier alpha value is -0.280. The number of rotatable bonds is 0. The van der Waals surface area contributed by atoms with Gasteiger partial charge in [-0.15, -0.1) is 24.8 Å². The minimum atomic E-state index is 0. The quantitative estimate of drug-likeness (QED) is 0.788. The van der Waals surface area contributed by atoms with Gasteiger partial charge in [0.15, 0.2) is 0 Å². The van der Waals surface area contributed by atoms with Crippen molar-refractivity contribution in [3.63, 3.8) is 0 Å². The summed E-state index contributed by atoms with van der Waals surface area (Å²) in [5.74, 6) is 0. The first-order valence-corrected chi connectivity index (χ1v) is 5.92.